The largest absolute Gasteiger partial charge is 0.396 e. The fourth-order valence-corrected chi connectivity index (χ4v) is 2.69. The lowest BCUT2D eigenvalue weighted by molar-refractivity contribution is 0.245. The highest BCUT2D eigenvalue weighted by Gasteiger charge is 2.41. The van der Waals surface area contributed by atoms with Crippen LogP contribution in [0.1, 0.15) is 24.8 Å². The van der Waals surface area contributed by atoms with Gasteiger partial charge in [0.1, 0.15) is 0 Å². The standard InChI is InChI=1S/C15H20N2O/c18-9-7-15(5-6-15)11-16-10-13-3-1-2-12-4-8-17-14(12)13/h1-4,8,16-18H,5-7,9-11H2. The van der Waals surface area contributed by atoms with Crippen molar-refractivity contribution in [3.63, 3.8) is 0 Å². The number of H-pyrrole nitrogens is 1. The van der Waals surface area contributed by atoms with Crippen LogP contribution in [0.5, 0.6) is 0 Å². The monoisotopic (exact) mass is 244 g/mol. The summed E-state index contributed by atoms with van der Waals surface area (Å²) in [5.74, 6) is 0. The van der Waals surface area contributed by atoms with Crippen LogP contribution in [0.4, 0.5) is 0 Å². The van der Waals surface area contributed by atoms with E-state index in [1.165, 1.54) is 29.3 Å². The van der Waals surface area contributed by atoms with Crippen molar-refractivity contribution in [1.29, 1.82) is 0 Å². The fourth-order valence-electron chi connectivity index (χ4n) is 2.69. The molecule has 1 aromatic heterocycles. The van der Waals surface area contributed by atoms with Crippen molar-refractivity contribution < 1.29 is 5.11 Å². The molecule has 18 heavy (non-hydrogen) atoms. The Morgan fingerprint density at radius 1 is 1.28 bits per heavy atom. The van der Waals surface area contributed by atoms with Gasteiger partial charge in [-0.3, -0.25) is 0 Å². The second-order valence-corrected chi connectivity index (χ2v) is 5.44. The van der Waals surface area contributed by atoms with Crippen LogP contribution in [0.25, 0.3) is 10.9 Å². The van der Waals surface area contributed by atoms with E-state index in [1.807, 2.05) is 6.20 Å². The second-order valence-electron chi connectivity index (χ2n) is 5.44. The maximum atomic E-state index is 9.04. The molecule has 96 valence electrons. The van der Waals surface area contributed by atoms with E-state index in [-0.39, 0.29) is 0 Å². The first kappa shape index (κ1) is 11.8. The van der Waals surface area contributed by atoms with E-state index in [0.29, 0.717) is 12.0 Å². The molecular formula is C15H20N2O. The highest BCUT2D eigenvalue weighted by molar-refractivity contribution is 5.82. The number of rotatable bonds is 6. The molecular weight excluding hydrogens is 224 g/mol. The zero-order chi connectivity index (χ0) is 12.4. The van der Waals surface area contributed by atoms with Crippen molar-refractivity contribution in [3.05, 3.63) is 36.0 Å². The Balaban J connectivity index is 1.62. The van der Waals surface area contributed by atoms with Crippen LogP contribution in [0.3, 0.4) is 0 Å². The zero-order valence-electron chi connectivity index (χ0n) is 10.6. The van der Waals surface area contributed by atoms with Crippen LogP contribution in [0.15, 0.2) is 30.5 Å². The summed E-state index contributed by atoms with van der Waals surface area (Å²) in [6.07, 6.45) is 5.44. The van der Waals surface area contributed by atoms with Crippen molar-refractivity contribution >= 4 is 10.9 Å². The number of aromatic nitrogens is 1. The summed E-state index contributed by atoms with van der Waals surface area (Å²) in [5.41, 5.74) is 2.94. The van der Waals surface area contributed by atoms with Gasteiger partial charge in [0, 0.05) is 31.4 Å². The number of aliphatic hydroxyl groups excluding tert-OH is 1. The molecule has 1 aromatic carbocycles. The first-order valence-corrected chi connectivity index (χ1v) is 6.70. The molecule has 0 amide bonds. The maximum absolute atomic E-state index is 9.04. The Labute approximate surface area is 107 Å². The fraction of sp³-hybridized carbons (Fsp3) is 0.467. The summed E-state index contributed by atoms with van der Waals surface area (Å²) < 4.78 is 0. The molecule has 0 bridgehead atoms. The van der Waals surface area contributed by atoms with E-state index < -0.39 is 0 Å². The topological polar surface area (TPSA) is 48.0 Å². The Morgan fingerprint density at radius 3 is 2.94 bits per heavy atom. The van der Waals surface area contributed by atoms with Gasteiger partial charge in [0.15, 0.2) is 0 Å². The van der Waals surface area contributed by atoms with Gasteiger partial charge in [-0.05, 0) is 41.7 Å². The lowest BCUT2D eigenvalue weighted by Gasteiger charge is -2.14. The van der Waals surface area contributed by atoms with Crippen LogP contribution in [0, 0.1) is 5.41 Å². The Kier molecular flexibility index (Phi) is 3.10. The predicted molar refractivity (Wildman–Crippen MR) is 73.4 cm³/mol. The molecule has 3 rings (SSSR count). The summed E-state index contributed by atoms with van der Waals surface area (Å²) in [6, 6.07) is 8.50. The Bertz CT molecular complexity index is 528. The highest BCUT2D eigenvalue weighted by Crippen LogP contribution is 2.47. The van der Waals surface area contributed by atoms with Gasteiger partial charge in [-0.2, -0.15) is 0 Å². The third kappa shape index (κ3) is 2.28. The number of hydrogen-bond donors (Lipinski definition) is 3. The minimum absolute atomic E-state index is 0.313. The van der Waals surface area contributed by atoms with Gasteiger partial charge in [0.25, 0.3) is 0 Å². The molecule has 3 N–H and O–H groups in total. The normalized spacial score (nSPS) is 17.2. The van der Waals surface area contributed by atoms with Gasteiger partial charge < -0.3 is 15.4 Å². The van der Waals surface area contributed by atoms with E-state index >= 15 is 0 Å². The molecule has 0 atom stereocenters. The third-order valence-electron chi connectivity index (χ3n) is 4.09. The van der Waals surface area contributed by atoms with Crippen LogP contribution in [-0.4, -0.2) is 23.2 Å². The average molecular weight is 244 g/mol. The molecule has 0 radical (unpaired) electrons. The molecule has 0 spiro atoms. The van der Waals surface area contributed by atoms with Crippen molar-refractivity contribution in [2.24, 2.45) is 5.41 Å². The highest BCUT2D eigenvalue weighted by atomic mass is 16.3. The summed E-state index contributed by atoms with van der Waals surface area (Å²) in [4.78, 5) is 3.30. The summed E-state index contributed by atoms with van der Waals surface area (Å²) in [7, 11) is 0. The van der Waals surface area contributed by atoms with Crippen LogP contribution >= 0.6 is 0 Å². The maximum Gasteiger partial charge on any atom is 0.0499 e. The van der Waals surface area contributed by atoms with Crippen LogP contribution in [0.2, 0.25) is 0 Å². The smallest absolute Gasteiger partial charge is 0.0499 e. The van der Waals surface area contributed by atoms with Crippen molar-refractivity contribution in [2.45, 2.75) is 25.8 Å². The summed E-state index contributed by atoms with van der Waals surface area (Å²) in [5, 5.41) is 13.8. The van der Waals surface area contributed by atoms with Gasteiger partial charge in [0.2, 0.25) is 0 Å². The molecule has 1 fully saturated rings. The molecule has 3 nitrogen and oxygen atoms in total. The third-order valence-corrected chi connectivity index (χ3v) is 4.09. The molecule has 1 aliphatic rings. The van der Waals surface area contributed by atoms with E-state index in [9.17, 15) is 0 Å². The lowest BCUT2D eigenvalue weighted by Crippen LogP contribution is -2.24. The molecule has 0 unspecified atom stereocenters. The predicted octanol–water partition coefficient (Wildman–Crippen LogP) is 2.42. The number of hydrogen-bond acceptors (Lipinski definition) is 2. The zero-order valence-corrected chi connectivity index (χ0v) is 10.6. The van der Waals surface area contributed by atoms with Crippen LogP contribution in [-0.2, 0) is 6.54 Å². The van der Waals surface area contributed by atoms with E-state index in [2.05, 4.69) is 34.6 Å². The minimum atomic E-state index is 0.313. The quantitative estimate of drug-likeness (QED) is 0.731. The van der Waals surface area contributed by atoms with Gasteiger partial charge in [-0.1, -0.05) is 18.2 Å². The number of aromatic amines is 1. The number of fused-ring (bicyclic) bond motifs is 1. The number of aliphatic hydroxyl groups is 1. The summed E-state index contributed by atoms with van der Waals surface area (Å²) in [6.45, 7) is 2.23. The van der Waals surface area contributed by atoms with Crippen molar-refractivity contribution in [3.8, 4) is 0 Å². The molecule has 2 aromatic rings. The second kappa shape index (κ2) is 4.75. The van der Waals surface area contributed by atoms with Gasteiger partial charge in [0.05, 0.1) is 0 Å². The first-order valence-electron chi connectivity index (χ1n) is 6.70. The number of para-hydroxylation sites is 1. The first-order chi connectivity index (χ1) is 8.83. The number of benzene rings is 1. The van der Waals surface area contributed by atoms with E-state index in [1.54, 1.807) is 0 Å². The molecule has 3 heteroatoms. The molecule has 1 saturated carbocycles. The minimum Gasteiger partial charge on any atom is -0.396 e. The molecule has 0 saturated heterocycles. The molecule has 1 heterocycles. The van der Waals surface area contributed by atoms with Crippen LogP contribution < -0.4 is 5.32 Å². The van der Waals surface area contributed by atoms with Gasteiger partial charge in [-0.25, -0.2) is 0 Å². The SMILES string of the molecule is OCCC1(CNCc2cccc3cc[nH]c23)CC1. The Morgan fingerprint density at radius 2 is 2.17 bits per heavy atom. The van der Waals surface area contributed by atoms with Gasteiger partial charge in [-0.15, -0.1) is 0 Å². The molecule has 1 aliphatic carbocycles. The Hall–Kier alpha value is -1.32. The molecule has 0 aliphatic heterocycles. The van der Waals surface area contributed by atoms with E-state index in [0.717, 1.165) is 19.5 Å². The average Bonchev–Trinajstić information content (AvgIpc) is 2.96. The summed E-state index contributed by atoms with van der Waals surface area (Å²) >= 11 is 0. The van der Waals surface area contributed by atoms with Crippen molar-refractivity contribution in [2.75, 3.05) is 13.2 Å². The van der Waals surface area contributed by atoms with Gasteiger partial charge >= 0.3 is 0 Å². The number of nitrogens with one attached hydrogen (secondary N) is 2. The van der Waals surface area contributed by atoms with E-state index in [4.69, 9.17) is 5.11 Å². The lowest BCUT2D eigenvalue weighted by atomic mass is 10.0. The van der Waals surface area contributed by atoms with Crippen molar-refractivity contribution in [1.82, 2.24) is 10.3 Å².